The van der Waals surface area contributed by atoms with Crippen LogP contribution in [0.1, 0.15) is 53.2 Å². The van der Waals surface area contributed by atoms with E-state index in [2.05, 4.69) is 64.6 Å². The summed E-state index contributed by atoms with van der Waals surface area (Å²) in [6.45, 7) is 4.00. The van der Waals surface area contributed by atoms with Gasteiger partial charge in [0.05, 0.1) is 0 Å². The molecule has 1 saturated heterocycles. The van der Waals surface area contributed by atoms with E-state index in [4.69, 9.17) is 16.6 Å². The fourth-order valence-corrected chi connectivity index (χ4v) is 6.27. The lowest BCUT2D eigenvalue weighted by Gasteiger charge is -2.33. The molecule has 5 rings (SSSR count). The largest absolute Gasteiger partial charge is 0.356 e. The van der Waals surface area contributed by atoms with E-state index in [-0.39, 0.29) is 11.9 Å². The van der Waals surface area contributed by atoms with E-state index in [1.165, 1.54) is 11.1 Å². The first kappa shape index (κ1) is 29.2. The summed E-state index contributed by atoms with van der Waals surface area (Å²) < 4.78 is 0. The van der Waals surface area contributed by atoms with E-state index in [1.54, 1.807) is 11.8 Å². The SMILES string of the molecule is CC(CCc1ccccc1)NC(=O)c1ccc(CSc2nc(Cl)cc(N3CCC(Cc4ccccc4)CC3)n2)cc1. The van der Waals surface area contributed by atoms with Crippen LogP contribution in [0.15, 0.2) is 96.2 Å². The van der Waals surface area contributed by atoms with Crippen LogP contribution in [-0.2, 0) is 18.6 Å². The third-order valence-corrected chi connectivity index (χ3v) is 8.75. The average molecular weight is 585 g/mol. The summed E-state index contributed by atoms with van der Waals surface area (Å²) in [6.07, 6.45) is 5.26. The minimum atomic E-state index is -0.0416. The molecule has 1 amide bonds. The van der Waals surface area contributed by atoms with Crippen molar-refractivity contribution >= 4 is 35.1 Å². The first-order valence-electron chi connectivity index (χ1n) is 14.4. The molecule has 0 aliphatic carbocycles. The fourth-order valence-electron chi connectivity index (χ4n) is 5.23. The molecular weight excluding hydrogens is 548 g/mol. The summed E-state index contributed by atoms with van der Waals surface area (Å²) >= 11 is 7.97. The normalized spacial score (nSPS) is 14.5. The van der Waals surface area contributed by atoms with Crippen molar-refractivity contribution in [2.24, 2.45) is 5.92 Å². The van der Waals surface area contributed by atoms with E-state index in [1.807, 2.05) is 48.5 Å². The molecule has 7 heteroatoms. The number of nitrogens with one attached hydrogen (secondary N) is 1. The van der Waals surface area contributed by atoms with Gasteiger partial charge in [-0.3, -0.25) is 4.79 Å². The van der Waals surface area contributed by atoms with Crippen molar-refractivity contribution in [1.82, 2.24) is 15.3 Å². The van der Waals surface area contributed by atoms with E-state index < -0.39 is 0 Å². The van der Waals surface area contributed by atoms with Gasteiger partial charge < -0.3 is 10.2 Å². The van der Waals surface area contributed by atoms with E-state index in [0.717, 1.165) is 56.6 Å². The number of amides is 1. The quantitative estimate of drug-likeness (QED) is 0.112. The number of hydrogen-bond donors (Lipinski definition) is 1. The zero-order valence-corrected chi connectivity index (χ0v) is 25.1. The molecule has 0 radical (unpaired) electrons. The Morgan fingerprint density at radius 2 is 1.59 bits per heavy atom. The molecular formula is C34H37ClN4OS. The highest BCUT2D eigenvalue weighted by atomic mass is 35.5. The molecule has 41 heavy (non-hydrogen) atoms. The van der Waals surface area contributed by atoms with Gasteiger partial charge in [0.2, 0.25) is 0 Å². The molecule has 1 aliphatic rings. The maximum Gasteiger partial charge on any atom is 0.251 e. The van der Waals surface area contributed by atoms with Gasteiger partial charge in [0.15, 0.2) is 5.16 Å². The summed E-state index contributed by atoms with van der Waals surface area (Å²) in [7, 11) is 0. The number of carbonyl (C=O) groups excluding carboxylic acids is 1. The number of aromatic nitrogens is 2. The third kappa shape index (κ3) is 8.82. The molecule has 1 N–H and O–H groups in total. The van der Waals surface area contributed by atoms with E-state index in [9.17, 15) is 4.79 Å². The highest BCUT2D eigenvalue weighted by Gasteiger charge is 2.21. The number of anilines is 1. The Hall–Kier alpha value is -3.35. The average Bonchev–Trinajstić information content (AvgIpc) is 3.00. The van der Waals surface area contributed by atoms with Crippen molar-refractivity contribution in [2.75, 3.05) is 18.0 Å². The van der Waals surface area contributed by atoms with Gasteiger partial charge in [-0.15, -0.1) is 0 Å². The summed E-state index contributed by atoms with van der Waals surface area (Å²) in [6, 6.07) is 30.9. The lowest BCUT2D eigenvalue weighted by Crippen LogP contribution is -2.35. The minimum Gasteiger partial charge on any atom is -0.356 e. The molecule has 0 spiro atoms. The van der Waals surface area contributed by atoms with Crippen LogP contribution in [-0.4, -0.2) is 35.0 Å². The third-order valence-electron chi connectivity index (χ3n) is 7.64. The standard InChI is InChI=1S/C34H37ClN4OS/c1-25(12-13-26-8-4-2-5-9-26)36-33(40)30-16-14-29(15-17-30)24-41-34-37-31(35)23-32(38-34)39-20-18-28(19-21-39)22-27-10-6-3-7-11-27/h2-11,14-17,23,25,28H,12-13,18-22,24H2,1H3,(H,36,40). The van der Waals surface area contributed by atoms with Crippen LogP contribution in [0.25, 0.3) is 0 Å². The van der Waals surface area contributed by atoms with Crippen LogP contribution < -0.4 is 10.2 Å². The van der Waals surface area contributed by atoms with Crippen LogP contribution >= 0.6 is 23.4 Å². The zero-order valence-electron chi connectivity index (χ0n) is 23.5. The second kappa shape index (κ2) is 14.5. The van der Waals surface area contributed by atoms with Gasteiger partial charge in [-0.1, -0.05) is 96.2 Å². The predicted octanol–water partition coefficient (Wildman–Crippen LogP) is 7.63. The van der Waals surface area contributed by atoms with Crippen LogP contribution in [0.4, 0.5) is 5.82 Å². The topological polar surface area (TPSA) is 58.1 Å². The first-order chi connectivity index (χ1) is 20.0. The maximum atomic E-state index is 12.7. The number of benzene rings is 3. The van der Waals surface area contributed by atoms with Crippen molar-refractivity contribution in [1.29, 1.82) is 0 Å². The second-order valence-electron chi connectivity index (χ2n) is 10.8. The van der Waals surface area contributed by atoms with Crippen LogP contribution in [0.2, 0.25) is 5.15 Å². The number of nitrogens with zero attached hydrogens (tertiary/aromatic N) is 3. The number of hydrogen-bond acceptors (Lipinski definition) is 5. The molecule has 2 heterocycles. The zero-order chi connectivity index (χ0) is 28.4. The molecule has 212 valence electrons. The van der Waals surface area contributed by atoms with Crippen LogP contribution in [0.3, 0.4) is 0 Å². The Kier molecular flexibility index (Phi) is 10.3. The molecule has 0 saturated carbocycles. The van der Waals surface area contributed by atoms with Crippen molar-refractivity contribution < 1.29 is 4.79 Å². The number of halogens is 1. The highest BCUT2D eigenvalue weighted by molar-refractivity contribution is 7.98. The molecule has 1 unspecified atom stereocenters. The highest BCUT2D eigenvalue weighted by Crippen LogP contribution is 2.29. The Morgan fingerprint density at radius 1 is 0.927 bits per heavy atom. The number of rotatable bonds is 11. The lowest BCUT2D eigenvalue weighted by atomic mass is 9.90. The molecule has 1 aromatic heterocycles. The summed E-state index contributed by atoms with van der Waals surface area (Å²) in [5.41, 5.74) is 4.48. The summed E-state index contributed by atoms with van der Waals surface area (Å²) in [5, 5.41) is 4.26. The number of piperidine rings is 1. The Balaban J connectivity index is 1.09. The van der Waals surface area contributed by atoms with Gasteiger partial charge in [-0.05, 0) is 73.8 Å². The van der Waals surface area contributed by atoms with Crippen molar-refractivity contribution in [3.63, 3.8) is 0 Å². The van der Waals surface area contributed by atoms with Gasteiger partial charge >= 0.3 is 0 Å². The van der Waals surface area contributed by atoms with Gasteiger partial charge in [0, 0.05) is 36.5 Å². The number of thioether (sulfide) groups is 1. The fraction of sp³-hybridized carbons (Fsp3) is 0.324. The Bertz CT molecular complexity index is 1390. The second-order valence-corrected chi connectivity index (χ2v) is 12.2. The van der Waals surface area contributed by atoms with Crippen molar-refractivity contribution in [3.8, 4) is 0 Å². The number of carbonyl (C=O) groups is 1. The monoisotopic (exact) mass is 584 g/mol. The lowest BCUT2D eigenvalue weighted by molar-refractivity contribution is 0.0938. The number of aryl methyl sites for hydroxylation is 1. The Labute approximate surface area is 252 Å². The minimum absolute atomic E-state index is 0.0416. The molecule has 1 atom stereocenters. The Morgan fingerprint density at radius 3 is 2.27 bits per heavy atom. The summed E-state index contributed by atoms with van der Waals surface area (Å²) in [5.74, 6) is 2.26. The summed E-state index contributed by atoms with van der Waals surface area (Å²) in [4.78, 5) is 24.4. The first-order valence-corrected chi connectivity index (χ1v) is 15.8. The molecule has 1 aliphatic heterocycles. The molecule has 1 fully saturated rings. The van der Waals surface area contributed by atoms with Gasteiger partial charge in [0.1, 0.15) is 11.0 Å². The van der Waals surface area contributed by atoms with Crippen molar-refractivity contribution in [2.45, 2.75) is 56.0 Å². The predicted molar refractivity (Wildman–Crippen MR) is 170 cm³/mol. The van der Waals surface area contributed by atoms with Gasteiger partial charge in [-0.2, -0.15) is 0 Å². The van der Waals surface area contributed by atoms with Crippen LogP contribution in [0.5, 0.6) is 0 Å². The molecule has 5 nitrogen and oxygen atoms in total. The maximum absolute atomic E-state index is 12.7. The van der Waals surface area contributed by atoms with E-state index in [0.29, 0.717) is 27.5 Å². The van der Waals surface area contributed by atoms with Gasteiger partial charge in [-0.25, -0.2) is 9.97 Å². The van der Waals surface area contributed by atoms with E-state index >= 15 is 0 Å². The van der Waals surface area contributed by atoms with Crippen LogP contribution in [0, 0.1) is 5.92 Å². The molecule has 3 aromatic carbocycles. The smallest absolute Gasteiger partial charge is 0.251 e. The van der Waals surface area contributed by atoms with Gasteiger partial charge in [0.25, 0.3) is 5.91 Å². The molecule has 0 bridgehead atoms. The van der Waals surface area contributed by atoms with Crippen molar-refractivity contribution in [3.05, 3.63) is 118 Å². The molecule has 4 aromatic rings.